The Morgan fingerprint density at radius 1 is 1.14 bits per heavy atom. The van der Waals surface area contributed by atoms with E-state index >= 15 is 0 Å². The van der Waals surface area contributed by atoms with E-state index in [1.165, 1.54) is 5.56 Å². The maximum Gasteiger partial charge on any atom is 0.251 e. The number of rotatable bonds is 4. The number of halogens is 1. The van der Waals surface area contributed by atoms with Crippen molar-refractivity contribution in [2.45, 2.75) is 25.8 Å². The molecule has 0 saturated carbocycles. The predicted molar refractivity (Wildman–Crippen MR) is 130 cm³/mol. The molecule has 29 heavy (non-hydrogen) atoms. The molecule has 2 N–H and O–H groups in total. The van der Waals surface area contributed by atoms with E-state index in [9.17, 15) is 4.79 Å². The van der Waals surface area contributed by atoms with Gasteiger partial charge in [-0.3, -0.25) is 9.79 Å². The van der Waals surface area contributed by atoms with Crippen LogP contribution in [0.1, 0.15) is 40.7 Å². The van der Waals surface area contributed by atoms with Crippen LogP contribution in [0.2, 0.25) is 0 Å². The summed E-state index contributed by atoms with van der Waals surface area (Å²) in [6, 6.07) is 18.5. The fourth-order valence-electron chi connectivity index (χ4n) is 3.97. The zero-order chi connectivity index (χ0) is 19.9. The maximum atomic E-state index is 11.7. The van der Waals surface area contributed by atoms with Crippen LogP contribution in [0.5, 0.6) is 0 Å². The molecule has 1 fully saturated rings. The lowest BCUT2D eigenvalue weighted by Gasteiger charge is -2.39. The van der Waals surface area contributed by atoms with Crippen LogP contribution in [0.15, 0.2) is 59.6 Å². The minimum Gasteiger partial charge on any atom is -0.355 e. The van der Waals surface area contributed by atoms with Crippen molar-refractivity contribution in [3.63, 3.8) is 0 Å². The topological polar surface area (TPSA) is 56.7 Å². The number of benzene rings is 2. The lowest BCUT2D eigenvalue weighted by Crippen LogP contribution is -2.47. The molecule has 3 rings (SSSR count). The second-order valence-corrected chi connectivity index (χ2v) is 7.41. The van der Waals surface area contributed by atoms with E-state index in [0.29, 0.717) is 23.9 Å². The number of nitrogens with one attached hydrogen (secondary N) is 2. The van der Waals surface area contributed by atoms with Gasteiger partial charge in [-0.1, -0.05) is 49.4 Å². The van der Waals surface area contributed by atoms with Crippen molar-refractivity contribution in [3.8, 4) is 0 Å². The second kappa shape index (κ2) is 11.2. The van der Waals surface area contributed by atoms with Gasteiger partial charge in [0.05, 0.1) is 0 Å². The van der Waals surface area contributed by atoms with Gasteiger partial charge in [-0.05, 0) is 41.5 Å². The number of carbonyl (C=O) groups is 1. The van der Waals surface area contributed by atoms with E-state index in [2.05, 4.69) is 57.8 Å². The molecule has 0 spiro atoms. The number of hydrogen-bond acceptors (Lipinski definition) is 2. The Hall–Kier alpha value is -2.09. The van der Waals surface area contributed by atoms with Crippen LogP contribution in [0.3, 0.4) is 0 Å². The van der Waals surface area contributed by atoms with Crippen molar-refractivity contribution in [3.05, 3.63) is 71.3 Å². The standard InChI is InChI=1S/C23H30N4O.HI/c1-17-16-27(14-13-21(17)19-7-5-4-6-8-19)23(25-3)26-15-18-9-11-20(12-10-18)22(28)24-2;/h4-12,17,21H,13-16H2,1-3H3,(H,24,28)(H,25,26);1H. The minimum atomic E-state index is -0.0643. The van der Waals surface area contributed by atoms with E-state index in [4.69, 9.17) is 0 Å². The Balaban J connectivity index is 0.00000300. The quantitative estimate of drug-likeness (QED) is 0.376. The molecule has 1 aliphatic rings. The first-order valence-corrected chi connectivity index (χ1v) is 9.94. The van der Waals surface area contributed by atoms with Gasteiger partial charge in [0.1, 0.15) is 0 Å². The molecule has 1 aliphatic heterocycles. The van der Waals surface area contributed by atoms with Gasteiger partial charge in [-0.15, -0.1) is 24.0 Å². The number of hydrogen-bond donors (Lipinski definition) is 2. The summed E-state index contributed by atoms with van der Waals surface area (Å²) in [6.45, 7) is 5.01. The summed E-state index contributed by atoms with van der Waals surface area (Å²) in [5.41, 5.74) is 3.24. The summed E-state index contributed by atoms with van der Waals surface area (Å²) in [4.78, 5) is 18.5. The number of nitrogens with zero attached hydrogens (tertiary/aromatic N) is 2. The van der Waals surface area contributed by atoms with Crippen LogP contribution < -0.4 is 10.6 Å². The SMILES string of the molecule is CN=C(NCc1ccc(C(=O)NC)cc1)N1CCC(c2ccccc2)C(C)C1.I. The molecule has 1 heterocycles. The van der Waals surface area contributed by atoms with Gasteiger partial charge in [-0.2, -0.15) is 0 Å². The Morgan fingerprint density at radius 3 is 2.41 bits per heavy atom. The van der Waals surface area contributed by atoms with Crippen molar-refractivity contribution >= 4 is 35.8 Å². The van der Waals surface area contributed by atoms with Gasteiger partial charge in [0.15, 0.2) is 5.96 Å². The normalized spacial score (nSPS) is 19.3. The zero-order valence-electron chi connectivity index (χ0n) is 17.4. The van der Waals surface area contributed by atoms with Crippen LogP contribution in [-0.4, -0.2) is 44.0 Å². The van der Waals surface area contributed by atoms with Gasteiger partial charge in [-0.25, -0.2) is 0 Å². The van der Waals surface area contributed by atoms with Crippen LogP contribution >= 0.6 is 24.0 Å². The lowest BCUT2D eigenvalue weighted by atomic mass is 9.82. The fourth-order valence-corrected chi connectivity index (χ4v) is 3.97. The molecule has 0 bridgehead atoms. The summed E-state index contributed by atoms with van der Waals surface area (Å²) in [5.74, 6) is 2.05. The molecule has 2 aromatic rings. The maximum absolute atomic E-state index is 11.7. The van der Waals surface area contributed by atoms with Gasteiger partial charge in [0.2, 0.25) is 0 Å². The summed E-state index contributed by atoms with van der Waals surface area (Å²) >= 11 is 0. The number of aliphatic imine (C=N–C) groups is 1. The van der Waals surface area contributed by atoms with Crippen LogP contribution in [0.25, 0.3) is 0 Å². The van der Waals surface area contributed by atoms with Crippen molar-refractivity contribution in [1.82, 2.24) is 15.5 Å². The summed E-state index contributed by atoms with van der Waals surface area (Å²) in [5, 5.41) is 6.11. The Bertz CT molecular complexity index is 807. The van der Waals surface area contributed by atoms with Crippen LogP contribution in [0, 0.1) is 5.92 Å². The average Bonchev–Trinajstić information content (AvgIpc) is 2.75. The van der Waals surface area contributed by atoms with E-state index in [-0.39, 0.29) is 29.9 Å². The van der Waals surface area contributed by atoms with E-state index in [0.717, 1.165) is 31.0 Å². The highest BCUT2D eigenvalue weighted by molar-refractivity contribution is 14.0. The smallest absolute Gasteiger partial charge is 0.251 e. The van der Waals surface area contributed by atoms with Crippen molar-refractivity contribution in [1.29, 1.82) is 0 Å². The molecule has 5 nitrogen and oxygen atoms in total. The number of carbonyl (C=O) groups excluding carboxylic acids is 1. The molecule has 0 aliphatic carbocycles. The highest BCUT2D eigenvalue weighted by atomic mass is 127. The first kappa shape index (κ1) is 23.2. The third kappa shape index (κ3) is 5.95. The molecular formula is C23H31IN4O. The Morgan fingerprint density at radius 2 is 1.83 bits per heavy atom. The molecule has 6 heteroatoms. The van der Waals surface area contributed by atoms with Gasteiger partial charge < -0.3 is 15.5 Å². The van der Waals surface area contributed by atoms with Crippen molar-refractivity contribution in [2.75, 3.05) is 27.2 Å². The molecule has 2 unspecified atom stereocenters. The first-order chi connectivity index (χ1) is 13.6. The van der Waals surface area contributed by atoms with E-state index in [1.807, 2.05) is 31.3 Å². The van der Waals surface area contributed by atoms with E-state index in [1.54, 1.807) is 7.05 Å². The number of guanidine groups is 1. The zero-order valence-corrected chi connectivity index (χ0v) is 19.7. The highest BCUT2D eigenvalue weighted by Gasteiger charge is 2.28. The fraction of sp³-hybridized carbons (Fsp3) is 0.391. The molecule has 2 atom stereocenters. The molecule has 1 saturated heterocycles. The highest BCUT2D eigenvalue weighted by Crippen LogP contribution is 2.32. The molecule has 0 aromatic heterocycles. The van der Waals surface area contributed by atoms with Gasteiger partial charge in [0.25, 0.3) is 5.91 Å². The summed E-state index contributed by atoms with van der Waals surface area (Å²) in [6.07, 6.45) is 1.13. The van der Waals surface area contributed by atoms with Crippen molar-refractivity contribution in [2.24, 2.45) is 10.9 Å². The molecule has 1 amide bonds. The third-order valence-corrected chi connectivity index (χ3v) is 5.54. The Labute approximate surface area is 191 Å². The van der Waals surface area contributed by atoms with Crippen molar-refractivity contribution < 1.29 is 4.79 Å². The number of piperidine rings is 1. The van der Waals surface area contributed by atoms with Gasteiger partial charge in [0, 0.05) is 39.3 Å². The average molecular weight is 506 g/mol. The number of amides is 1. The van der Waals surface area contributed by atoms with Crippen LogP contribution in [-0.2, 0) is 6.54 Å². The minimum absolute atomic E-state index is 0. The second-order valence-electron chi connectivity index (χ2n) is 7.41. The Kier molecular flexibility index (Phi) is 8.95. The molecule has 2 aromatic carbocycles. The van der Waals surface area contributed by atoms with Gasteiger partial charge >= 0.3 is 0 Å². The molecule has 156 valence electrons. The first-order valence-electron chi connectivity index (χ1n) is 9.94. The third-order valence-electron chi connectivity index (χ3n) is 5.54. The molecule has 0 radical (unpaired) electrons. The monoisotopic (exact) mass is 506 g/mol. The summed E-state index contributed by atoms with van der Waals surface area (Å²) in [7, 11) is 3.48. The predicted octanol–water partition coefficient (Wildman–Crippen LogP) is 3.87. The van der Waals surface area contributed by atoms with E-state index < -0.39 is 0 Å². The largest absolute Gasteiger partial charge is 0.355 e. The molecular weight excluding hydrogens is 475 g/mol. The summed E-state index contributed by atoms with van der Waals surface area (Å²) < 4.78 is 0. The number of likely N-dealkylation sites (tertiary alicyclic amines) is 1. The lowest BCUT2D eigenvalue weighted by molar-refractivity contribution is 0.0963. The van der Waals surface area contributed by atoms with Crippen LogP contribution in [0.4, 0.5) is 0 Å².